The fourth-order valence-electron chi connectivity index (χ4n) is 2.56. The van der Waals surface area contributed by atoms with Crippen molar-refractivity contribution < 1.29 is 9.84 Å². The van der Waals surface area contributed by atoms with Crippen molar-refractivity contribution >= 4 is 17.6 Å². The van der Waals surface area contributed by atoms with E-state index in [0.29, 0.717) is 16.7 Å². The van der Waals surface area contributed by atoms with Crippen molar-refractivity contribution in [1.82, 2.24) is 10.6 Å². The molecule has 26 heavy (non-hydrogen) atoms. The van der Waals surface area contributed by atoms with Gasteiger partial charge in [0.25, 0.3) is 0 Å². The number of halogens is 1. The van der Waals surface area contributed by atoms with E-state index in [1.165, 1.54) is 0 Å². The van der Waals surface area contributed by atoms with Gasteiger partial charge in [-0.05, 0) is 43.2 Å². The summed E-state index contributed by atoms with van der Waals surface area (Å²) >= 11 is 6.26. The smallest absolute Gasteiger partial charge is 0.191 e. The van der Waals surface area contributed by atoms with Crippen LogP contribution in [0.2, 0.25) is 5.02 Å². The number of aliphatic imine (C=N–C) groups is 1. The molecule has 0 saturated carbocycles. The molecule has 0 saturated heterocycles. The quantitative estimate of drug-likeness (QED) is 0.510. The van der Waals surface area contributed by atoms with Gasteiger partial charge in [-0.15, -0.1) is 0 Å². The van der Waals surface area contributed by atoms with E-state index in [-0.39, 0.29) is 12.6 Å². The number of hydrogen-bond acceptors (Lipinski definition) is 3. The summed E-state index contributed by atoms with van der Waals surface area (Å²) in [5.41, 5.74) is 1.76. The van der Waals surface area contributed by atoms with Crippen LogP contribution in [0.3, 0.4) is 0 Å². The third-order valence-electron chi connectivity index (χ3n) is 3.97. The maximum Gasteiger partial charge on any atom is 0.191 e. The zero-order valence-electron chi connectivity index (χ0n) is 15.4. The zero-order valence-corrected chi connectivity index (χ0v) is 16.1. The van der Waals surface area contributed by atoms with Crippen molar-refractivity contribution in [1.29, 1.82) is 0 Å². The fraction of sp³-hybridized carbons (Fsp3) is 0.350. The third-order valence-corrected chi connectivity index (χ3v) is 4.31. The molecule has 140 valence electrons. The largest absolute Gasteiger partial charge is 0.497 e. The molecule has 2 rings (SSSR count). The number of aliphatic hydroxyl groups is 1. The fourth-order valence-corrected chi connectivity index (χ4v) is 2.86. The van der Waals surface area contributed by atoms with Crippen LogP contribution >= 0.6 is 11.6 Å². The molecule has 0 fully saturated rings. The van der Waals surface area contributed by atoms with Crippen LogP contribution in [-0.4, -0.2) is 31.3 Å². The molecule has 0 aliphatic rings. The van der Waals surface area contributed by atoms with Crippen molar-refractivity contribution in [3.05, 3.63) is 64.7 Å². The van der Waals surface area contributed by atoms with Crippen molar-refractivity contribution in [3.63, 3.8) is 0 Å². The number of ether oxygens (including phenoxy) is 1. The van der Waals surface area contributed by atoms with Gasteiger partial charge in [0.1, 0.15) is 5.75 Å². The first-order valence-electron chi connectivity index (χ1n) is 8.66. The number of rotatable bonds is 7. The summed E-state index contributed by atoms with van der Waals surface area (Å²) in [5, 5.41) is 17.6. The average molecular weight is 376 g/mol. The van der Waals surface area contributed by atoms with Crippen molar-refractivity contribution in [2.45, 2.75) is 26.0 Å². The molecule has 6 heteroatoms. The van der Waals surface area contributed by atoms with E-state index in [4.69, 9.17) is 16.3 Å². The molecule has 0 bridgehead atoms. The number of methoxy groups -OCH3 is 1. The summed E-state index contributed by atoms with van der Waals surface area (Å²) < 4.78 is 5.20. The lowest BCUT2D eigenvalue weighted by Crippen LogP contribution is -2.39. The highest BCUT2D eigenvalue weighted by Crippen LogP contribution is 2.22. The highest BCUT2D eigenvalue weighted by Gasteiger charge is 2.12. The number of nitrogens with zero attached hydrogens (tertiary/aromatic N) is 1. The van der Waals surface area contributed by atoms with E-state index in [9.17, 15) is 5.11 Å². The Bertz CT molecular complexity index is 737. The highest BCUT2D eigenvalue weighted by atomic mass is 35.5. The van der Waals surface area contributed by atoms with Crippen LogP contribution in [-0.2, 0) is 0 Å². The first-order chi connectivity index (χ1) is 12.5. The van der Waals surface area contributed by atoms with E-state index in [1.54, 1.807) is 7.11 Å². The van der Waals surface area contributed by atoms with E-state index in [2.05, 4.69) is 15.6 Å². The maximum atomic E-state index is 10.4. The molecular formula is C20H26ClN3O2. The average Bonchev–Trinajstić information content (AvgIpc) is 2.66. The minimum Gasteiger partial charge on any atom is -0.497 e. The van der Waals surface area contributed by atoms with E-state index >= 15 is 0 Å². The van der Waals surface area contributed by atoms with Crippen LogP contribution in [0.4, 0.5) is 0 Å². The lowest BCUT2D eigenvalue weighted by molar-refractivity contribution is 0.186. The predicted molar refractivity (Wildman–Crippen MR) is 107 cm³/mol. The van der Waals surface area contributed by atoms with Gasteiger partial charge in [0.15, 0.2) is 5.96 Å². The Morgan fingerprint density at radius 3 is 2.69 bits per heavy atom. The lowest BCUT2D eigenvalue weighted by Gasteiger charge is -2.19. The molecule has 0 aliphatic heterocycles. The van der Waals surface area contributed by atoms with Gasteiger partial charge in [-0.2, -0.15) is 0 Å². The molecule has 2 atom stereocenters. The second-order valence-corrected chi connectivity index (χ2v) is 6.31. The Morgan fingerprint density at radius 2 is 2.00 bits per heavy atom. The van der Waals surface area contributed by atoms with Gasteiger partial charge >= 0.3 is 0 Å². The monoisotopic (exact) mass is 375 g/mol. The third kappa shape index (κ3) is 5.64. The van der Waals surface area contributed by atoms with Gasteiger partial charge in [0, 0.05) is 11.6 Å². The normalized spacial score (nSPS) is 13.8. The first kappa shape index (κ1) is 20.1. The molecule has 0 aliphatic carbocycles. The van der Waals surface area contributed by atoms with Gasteiger partial charge in [0.2, 0.25) is 0 Å². The molecule has 0 aromatic heterocycles. The van der Waals surface area contributed by atoms with E-state index in [1.807, 2.05) is 62.4 Å². The first-order valence-corrected chi connectivity index (χ1v) is 9.04. The molecule has 2 aromatic carbocycles. The Balaban J connectivity index is 2.06. The summed E-state index contributed by atoms with van der Waals surface area (Å²) in [6.07, 6.45) is -0.712. The molecule has 0 spiro atoms. The van der Waals surface area contributed by atoms with Gasteiger partial charge in [-0.25, -0.2) is 0 Å². The molecule has 0 heterocycles. The molecular weight excluding hydrogens is 350 g/mol. The molecule has 2 aromatic rings. The molecule has 2 unspecified atom stereocenters. The highest BCUT2D eigenvalue weighted by molar-refractivity contribution is 6.31. The van der Waals surface area contributed by atoms with Gasteiger partial charge in [0.05, 0.1) is 25.8 Å². The van der Waals surface area contributed by atoms with Crippen LogP contribution in [0.25, 0.3) is 0 Å². The second-order valence-electron chi connectivity index (χ2n) is 5.90. The van der Waals surface area contributed by atoms with Gasteiger partial charge in [-0.1, -0.05) is 41.9 Å². The Kier molecular flexibility index (Phi) is 7.75. The van der Waals surface area contributed by atoms with Crippen LogP contribution in [0.15, 0.2) is 53.5 Å². The SMILES string of the molecule is CCNC(=NCC(O)c1cccc(OC)c1)NC(C)c1ccccc1Cl. The number of benzene rings is 2. The second kappa shape index (κ2) is 10.0. The van der Waals surface area contributed by atoms with Gasteiger partial charge < -0.3 is 20.5 Å². The Hall–Kier alpha value is -2.24. The van der Waals surface area contributed by atoms with Crippen LogP contribution in [0.1, 0.15) is 37.1 Å². The summed E-state index contributed by atoms with van der Waals surface area (Å²) in [5.74, 6) is 1.34. The topological polar surface area (TPSA) is 65.9 Å². The molecule has 3 N–H and O–H groups in total. The number of aliphatic hydroxyl groups excluding tert-OH is 1. The summed E-state index contributed by atoms with van der Waals surface area (Å²) in [6, 6.07) is 15.1. The zero-order chi connectivity index (χ0) is 18.9. The van der Waals surface area contributed by atoms with E-state index in [0.717, 1.165) is 17.7 Å². The summed E-state index contributed by atoms with van der Waals surface area (Å²) in [6.45, 7) is 4.97. The summed E-state index contributed by atoms with van der Waals surface area (Å²) in [4.78, 5) is 4.50. The lowest BCUT2D eigenvalue weighted by atomic mass is 10.1. The van der Waals surface area contributed by atoms with Crippen molar-refractivity contribution in [3.8, 4) is 5.75 Å². The standard InChI is InChI=1S/C20H26ClN3O2/c1-4-22-20(24-14(2)17-10-5-6-11-18(17)21)23-13-19(25)15-8-7-9-16(12-15)26-3/h5-12,14,19,25H,4,13H2,1-3H3,(H2,22,23,24). The molecule has 5 nitrogen and oxygen atoms in total. The van der Waals surface area contributed by atoms with Crippen molar-refractivity contribution in [2.75, 3.05) is 20.2 Å². The van der Waals surface area contributed by atoms with E-state index < -0.39 is 6.10 Å². The Labute approximate surface area is 160 Å². The summed E-state index contributed by atoms with van der Waals surface area (Å²) in [7, 11) is 1.60. The van der Waals surface area contributed by atoms with Crippen LogP contribution in [0.5, 0.6) is 5.75 Å². The van der Waals surface area contributed by atoms with Crippen LogP contribution < -0.4 is 15.4 Å². The number of hydrogen-bond donors (Lipinski definition) is 3. The molecule has 0 radical (unpaired) electrons. The molecule has 0 amide bonds. The number of guanidine groups is 1. The minimum atomic E-state index is -0.712. The minimum absolute atomic E-state index is 0.0181. The Morgan fingerprint density at radius 1 is 1.23 bits per heavy atom. The predicted octanol–water partition coefficient (Wildman–Crippen LogP) is 3.70. The maximum absolute atomic E-state index is 10.4. The van der Waals surface area contributed by atoms with Crippen LogP contribution in [0, 0.1) is 0 Å². The van der Waals surface area contributed by atoms with Crippen molar-refractivity contribution in [2.24, 2.45) is 4.99 Å². The number of nitrogens with one attached hydrogen (secondary N) is 2. The van der Waals surface area contributed by atoms with Gasteiger partial charge in [-0.3, -0.25) is 4.99 Å².